The predicted octanol–water partition coefficient (Wildman–Crippen LogP) is 2.91. The molecule has 1 saturated carbocycles. The molecule has 2 atom stereocenters. The van der Waals surface area contributed by atoms with Crippen LogP contribution in [0.3, 0.4) is 0 Å². The number of carbonyl (C=O) groups is 2. The Morgan fingerprint density at radius 2 is 1.86 bits per heavy atom. The Bertz CT molecular complexity index is 697. The zero-order valence-corrected chi connectivity index (χ0v) is 12.8. The van der Waals surface area contributed by atoms with E-state index >= 15 is 0 Å². The van der Waals surface area contributed by atoms with E-state index in [9.17, 15) is 19.7 Å². The Morgan fingerprint density at radius 3 is 2.50 bits per heavy atom. The molecule has 2 amide bonds. The van der Waals surface area contributed by atoms with Crippen LogP contribution in [0.4, 0.5) is 11.4 Å². The highest BCUT2D eigenvalue weighted by Gasteiger charge is 2.65. The first-order valence-electron chi connectivity index (χ1n) is 7.33. The summed E-state index contributed by atoms with van der Waals surface area (Å²) >= 11 is 0. The number of imide groups is 1. The summed E-state index contributed by atoms with van der Waals surface area (Å²) in [6.07, 6.45) is 1.28. The zero-order chi connectivity index (χ0) is 16.3. The second kappa shape index (κ2) is 4.38. The molecule has 1 aromatic rings. The number of carbonyl (C=O) groups excluding carboxylic acids is 2. The van der Waals surface area contributed by atoms with Crippen LogP contribution >= 0.6 is 0 Å². The van der Waals surface area contributed by atoms with Crippen molar-refractivity contribution in [3.8, 4) is 0 Å². The van der Waals surface area contributed by atoms with Gasteiger partial charge in [0.2, 0.25) is 11.8 Å². The fourth-order valence-electron chi connectivity index (χ4n) is 3.85. The maximum absolute atomic E-state index is 13.0. The number of fused-ring (bicyclic) bond motifs is 2. The van der Waals surface area contributed by atoms with E-state index in [1.165, 1.54) is 18.2 Å². The van der Waals surface area contributed by atoms with Crippen LogP contribution in [0.5, 0.6) is 0 Å². The Kier molecular flexibility index (Phi) is 2.92. The summed E-state index contributed by atoms with van der Waals surface area (Å²) in [5, 5.41) is 11.2. The van der Waals surface area contributed by atoms with Crippen LogP contribution in [0.1, 0.15) is 33.6 Å². The molecule has 6 nitrogen and oxygen atoms in total. The molecule has 0 radical (unpaired) electrons. The molecule has 0 aromatic heterocycles. The number of nitro groups is 1. The number of anilines is 1. The lowest BCUT2D eigenvalue weighted by Gasteiger charge is -2.47. The largest absolute Gasteiger partial charge is 0.293 e. The van der Waals surface area contributed by atoms with Crippen molar-refractivity contribution in [1.29, 1.82) is 0 Å². The third kappa shape index (κ3) is 1.60. The molecule has 0 spiro atoms. The number of nitrogens with zero attached hydrogens (tertiary/aromatic N) is 2. The number of piperidine rings is 1. The highest BCUT2D eigenvalue weighted by atomic mass is 16.6. The molecule has 3 rings (SSSR count). The Hall–Kier alpha value is -2.24. The van der Waals surface area contributed by atoms with Gasteiger partial charge in [0.1, 0.15) is 5.69 Å². The van der Waals surface area contributed by atoms with Crippen molar-refractivity contribution in [3.05, 3.63) is 34.4 Å². The minimum absolute atomic E-state index is 0.0797. The molecule has 116 valence electrons. The number of benzene rings is 1. The molecular weight excluding hydrogens is 284 g/mol. The lowest BCUT2D eigenvalue weighted by molar-refractivity contribution is -0.384. The van der Waals surface area contributed by atoms with E-state index in [1.54, 1.807) is 6.07 Å². The molecule has 1 heterocycles. The molecule has 2 fully saturated rings. The average Bonchev–Trinajstić information content (AvgIpc) is 2.64. The number of amides is 2. The summed E-state index contributed by atoms with van der Waals surface area (Å²) in [6.45, 7) is 5.75. The minimum atomic E-state index is -0.671. The molecule has 1 aliphatic heterocycles. The van der Waals surface area contributed by atoms with Crippen LogP contribution in [0.2, 0.25) is 0 Å². The normalized spacial score (nSPS) is 29.8. The molecule has 6 heteroatoms. The van der Waals surface area contributed by atoms with Crippen molar-refractivity contribution in [3.63, 3.8) is 0 Å². The van der Waals surface area contributed by atoms with Gasteiger partial charge in [-0.3, -0.25) is 19.7 Å². The van der Waals surface area contributed by atoms with Gasteiger partial charge >= 0.3 is 0 Å². The zero-order valence-electron chi connectivity index (χ0n) is 12.8. The van der Waals surface area contributed by atoms with Crippen LogP contribution in [-0.4, -0.2) is 16.7 Å². The average molecular weight is 302 g/mol. The molecule has 2 unspecified atom stereocenters. The van der Waals surface area contributed by atoms with E-state index in [2.05, 4.69) is 0 Å². The lowest BCUT2D eigenvalue weighted by Crippen LogP contribution is -2.59. The second-order valence-corrected chi connectivity index (χ2v) is 6.87. The third-order valence-electron chi connectivity index (χ3n) is 5.74. The molecule has 2 bridgehead atoms. The van der Waals surface area contributed by atoms with Gasteiger partial charge in [-0.1, -0.05) is 32.9 Å². The summed E-state index contributed by atoms with van der Waals surface area (Å²) in [4.78, 5) is 37.5. The maximum Gasteiger partial charge on any atom is 0.293 e. The topological polar surface area (TPSA) is 80.5 Å². The van der Waals surface area contributed by atoms with Crippen LogP contribution in [0.25, 0.3) is 0 Å². The first kappa shape index (κ1) is 14.7. The van der Waals surface area contributed by atoms with Gasteiger partial charge in [-0.05, 0) is 24.3 Å². The standard InChI is InChI=1S/C16H18N2O4/c1-15(2)10-8-9-16(15,3)14(20)17(13(10)19)11-6-4-5-7-12(11)18(21)22/h4-7,10H,8-9H2,1-3H3. The molecule has 1 aromatic carbocycles. The van der Waals surface area contributed by atoms with Gasteiger partial charge in [-0.25, -0.2) is 4.90 Å². The van der Waals surface area contributed by atoms with Crippen molar-refractivity contribution in [1.82, 2.24) is 0 Å². The SMILES string of the molecule is CC12CCC(C(=O)N(c3ccccc3[N+](=O)[O-])C1=O)C2(C)C. The minimum Gasteiger partial charge on any atom is -0.274 e. The van der Waals surface area contributed by atoms with Crippen molar-refractivity contribution in [2.45, 2.75) is 33.6 Å². The van der Waals surface area contributed by atoms with E-state index in [0.29, 0.717) is 12.8 Å². The second-order valence-electron chi connectivity index (χ2n) is 6.87. The van der Waals surface area contributed by atoms with Crippen molar-refractivity contribution in [2.24, 2.45) is 16.7 Å². The molecule has 0 N–H and O–H groups in total. The number of rotatable bonds is 2. The highest BCUT2D eigenvalue weighted by molar-refractivity contribution is 6.21. The summed E-state index contributed by atoms with van der Waals surface area (Å²) in [5.41, 5.74) is -1.24. The van der Waals surface area contributed by atoms with Crippen molar-refractivity contribution < 1.29 is 14.5 Å². The first-order chi connectivity index (χ1) is 10.2. The lowest BCUT2D eigenvalue weighted by atomic mass is 9.62. The quantitative estimate of drug-likeness (QED) is 0.478. The van der Waals surface area contributed by atoms with E-state index in [-0.39, 0.29) is 29.1 Å². The van der Waals surface area contributed by atoms with Crippen molar-refractivity contribution >= 4 is 23.2 Å². The molecule has 22 heavy (non-hydrogen) atoms. The molecule has 2 aliphatic rings. The van der Waals surface area contributed by atoms with Crippen LogP contribution in [0, 0.1) is 26.9 Å². The van der Waals surface area contributed by atoms with E-state index in [1.807, 2.05) is 20.8 Å². The van der Waals surface area contributed by atoms with Gasteiger partial charge in [0.15, 0.2) is 0 Å². The predicted molar refractivity (Wildman–Crippen MR) is 80.2 cm³/mol. The fourth-order valence-corrected chi connectivity index (χ4v) is 3.85. The fraction of sp³-hybridized carbons (Fsp3) is 0.500. The molecular formula is C16H18N2O4. The third-order valence-corrected chi connectivity index (χ3v) is 5.74. The summed E-state index contributed by atoms with van der Waals surface area (Å²) < 4.78 is 0. The van der Waals surface area contributed by atoms with Crippen LogP contribution in [-0.2, 0) is 9.59 Å². The van der Waals surface area contributed by atoms with E-state index < -0.39 is 15.8 Å². The first-order valence-corrected chi connectivity index (χ1v) is 7.33. The van der Waals surface area contributed by atoms with Gasteiger partial charge in [0, 0.05) is 12.0 Å². The Morgan fingerprint density at radius 1 is 1.23 bits per heavy atom. The summed E-state index contributed by atoms with van der Waals surface area (Å²) in [7, 11) is 0. The summed E-state index contributed by atoms with van der Waals surface area (Å²) in [5.74, 6) is -0.931. The van der Waals surface area contributed by atoms with Crippen LogP contribution < -0.4 is 4.90 Å². The smallest absolute Gasteiger partial charge is 0.274 e. The van der Waals surface area contributed by atoms with Gasteiger partial charge < -0.3 is 0 Å². The Labute approximate surface area is 128 Å². The molecule has 1 saturated heterocycles. The molecule has 1 aliphatic carbocycles. The van der Waals surface area contributed by atoms with Gasteiger partial charge in [0.05, 0.1) is 10.3 Å². The number of hydrogen-bond donors (Lipinski definition) is 0. The maximum atomic E-state index is 13.0. The summed E-state index contributed by atoms with van der Waals surface area (Å²) in [6, 6.07) is 5.92. The van der Waals surface area contributed by atoms with Gasteiger partial charge in [0.25, 0.3) is 5.69 Å². The Balaban J connectivity index is 2.17. The van der Waals surface area contributed by atoms with E-state index in [0.717, 1.165) is 4.90 Å². The number of nitro benzene ring substituents is 1. The monoisotopic (exact) mass is 302 g/mol. The number of hydrogen-bond acceptors (Lipinski definition) is 4. The van der Waals surface area contributed by atoms with Crippen molar-refractivity contribution in [2.75, 3.05) is 4.90 Å². The van der Waals surface area contributed by atoms with Crippen LogP contribution in [0.15, 0.2) is 24.3 Å². The highest BCUT2D eigenvalue weighted by Crippen LogP contribution is 2.60. The van der Waals surface area contributed by atoms with Gasteiger partial charge in [-0.15, -0.1) is 0 Å². The van der Waals surface area contributed by atoms with E-state index in [4.69, 9.17) is 0 Å². The number of para-hydroxylation sites is 2. The van der Waals surface area contributed by atoms with Gasteiger partial charge in [-0.2, -0.15) is 0 Å².